The van der Waals surface area contributed by atoms with Gasteiger partial charge in [-0.25, -0.2) is 0 Å². The molecule has 1 heterocycles. The van der Waals surface area contributed by atoms with Crippen molar-refractivity contribution in [3.8, 4) is 11.6 Å². The number of hydrogen-bond acceptors (Lipinski definition) is 3. The molecule has 1 aromatic heterocycles. The molecule has 1 aromatic carbocycles. The van der Waals surface area contributed by atoms with Crippen molar-refractivity contribution in [2.45, 2.75) is 6.92 Å². The predicted octanol–water partition coefficient (Wildman–Crippen LogP) is 1.60. The van der Waals surface area contributed by atoms with Crippen LogP contribution >= 0.6 is 15.9 Å². The molecule has 1 atom stereocenters. The van der Waals surface area contributed by atoms with Crippen LogP contribution in [0.25, 0.3) is 0 Å². The molecule has 0 spiro atoms. The standard InChI is InChI=1S/C11H10AsBrN2O/c1-7-14-10(12)6-11(15-7)16-9-5-3-2-4-8(9)13/h2-6H,12H2,1H3. The van der Waals surface area contributed by atoms with Crippen molar-refractivity contribution in [1.82, 2.24) is 9.97 Å². The first-order valence-electron chi connectivity index (χ1n) is 4.69. The van der Waals surface area contributed by atoms with Gasteiger partial charge in [0, 0.05) is 0 Å². The molecule has 0 N–H and O–H groups in total. The number of nitrogens with zero attached hydrogens (tertiary/aromatic N) is 2. The first-order chi connectivity index (χ1) is 7.65. The number of benzene rings is 1. The van der Waals surface area contributed by atoms with E-state index in [1.54, 1.807) is 0 Å². The Balaban J connectivity index is 2.30. The molecule has 2 rings (SSSR count). The quantitative estimate of drug-likeness (QED) is 0.779. The molecular weight excluding hydrogens is 331 g/mol. The molecule has 5 heteroatoms. The first-order valence-corrected chi connectivity index (χ1v) is 6.69. The van der Waals surface area contributed by atoms with Gasteiger partial charge in [0.25, 0.3) is 0 Å². The van der Waals surface area contributed by atoms with E-state index in [0.29, 0.717) is 5.88 Å². The molecular formula is C11H10AsBrN2O. The summed E-state index contributed by atoms with van der Waals surface area (Å²) in [7, 11) is 0. The van der Waals surface area contributed by atoms with Crippen LogP contribution in [0.1, 0.15) is 5.82 Å². The minimum atomic E-state index is 0.582. The molecule has 0 bridgehead atoms. The van der Waals surface area contributed by atoms with E-state index in [-0.39, 0.29) is 0 Å². The maximum atomic E-state index is 5.68. The van der Waals surface area contributed by atoms with Crippen molar-refractivity contribution >= 4 is 37.3 Å². The average Bonchev–Trinajstić information content (AvgIpc) is 2.20. The van der Waals surface area contributed by atoms with Gasteiger partial charge in [-0.15, -0.1) is 0 Å². The van der Waals surface area contributed by atoms with Crippen molar-refractivity contribution < 1.29 is 4.74 Å². The second-order valence-corrected chi connectivity index (χ2v) is 5.31. The summed E-state index contributed by atoms with van der Waals surface area (Å²) in [6.07, 6.45) is 0. The molecule has 0 fully saturated rings. The van der Waals surface area contributed by atoms with E-state index < -0.39 is 0 Å². The van der Waals surface area contributed by atoms with Crippen LogP contribution in [0.4, 0.5) is 0 Å². The Hall–Kier alpha value is -0.862. The van der Waals surface area contributed by atoms with Gasteiger partial charge in [-0.2, -0.15) is 0 Å². The number of para-hydroxylation sites is 1. The monoisotopic (exact) mass is 340 g/mol. The predicted molar refractivity (Wildman–Crippen MR) is 69.2 cm³/mol. The van der Waals surface area contributed by atoms with Crippen LogP contribution in [0.3, 0.4) is 0 Å². The summed E-state index contributed by atoms with van der Waals surface area (Å²) in [5.41, 5.74) is 0. The van der Waals surface area contributed by atoms with Crippen molar-refractivity contribution in [3.63, 3.8) is 0 Å². The molecule has 16 heavy (non-hydrogen) atoms. The van der Waals surface area contributed by atoms with Gasteiger partial charge in [-0.05, 0) is 0 Å². The van der Waals surface area contributed by atoms with Crippen LogP contribution in [0.2, 0.25) is 0 Å². The van der Waals surface area contributed by atoms with Crippen molar-refractivity contribution in [3.05, 3.63) is 40.6 Å². The van der Waals surface area contributed by atoms with Crippen LogP contribution in [-0.4, -0.2) is 26.8 Å². The van der Waals surface area contributed by atoms with Crippen LogP contribution in [0.15, 0.2) is 34.8 Å². The molecule has 2 aromatic rings. The van der Waals surface area contributed by atoms with Gasteiger partial charge in [-0.1, -0.05) is 0 Å². The summed E-state index contributed by atoms with van der Waals surface area (Å²) in [5, 5.41) is 0. The van der Waals surface area contributed by atoms with Gasteiger partial charge in [-0.3, -0.25) is 0 Å². The second-order valence-electron chi connectivity index (χ2n) is 3.21. The zero-order valence-corrected chi connectivity index (χ0v) is 12.7. The van der Waals surface area contributed by atoms with Crippen molar-refractivity contribution in [2.75, 3.05) is 0 Å². The van der Waals surface area contributed by atoms with Gasteiger partial charge in [0.1, 0.15) is 0 Å². The van der Waals surface area contributed by atoms with Crippen LogP contribution in [-0.2, 0) is 0 Å². The third kappa shape index (κ3) is 2.83. The Bertz CT molecular complexity index is 499. The fourth-order valence-corrected chi connectivity index (χ4v) is 2.31. The van der Waals surface area contributed by atoms with E-state index in [2.05, 4.69) is 25.9 Å². The summed E-state index contributed by atoms with van der Waals surface area (Å²) in [4.78, 5) is 8.45. The van der Waals surface area contributed by atoms with E-state index in [1.807, 2.05) is 37.3 Å². The van der Waals surface area contributed by atoms with Gasteiger partial charge < -0.3 is 0 Å². The molecule has 0 saturated heterocycles. The Labute approximate surface area is 111 Å². The fraction of sp³-hybridized carbons (Fsp3) is 0.0909. The number of ether oxygens (including phenoxy) is 1. The van der Waals surface area contributed by atoms with Crippen LogP contribution in [0.5, 0.6) is 11.6 Å². The molecule has 0 aliphatic carbocycles. The van der Waals surface area contributed by atoms with E-state index >= 15 is 0 Å². The van der Waals surface area contributed by atoms with Crippen molar-refractivity contribution in [1.29, 1.82) is 0 Å². The summed E-state index contributed by atoms with van der Waals surface area (Å²) in [6.45, 7) is 1.86. The number of rotatable bonds is 2. The third-order valence-corrected chi connectivity index (χ3v) is 3.16. The second kappa shape index (κ2) is 4.98. The molecule has 0 amide bonds. The Morgan fingerprint density at radius 1 is 1.25 bits per heavy atom. The Morgan fingerprint density at radius 2 is 2.00 bits per heavy atom. The fourth-order valence-electron chi connectivity index (χ4n) is 1.25. The minimum absolute atomic E-state index is 0.582. The number of hydrogen-bond donors (Lipinski definition) is 0. The number of aromatic nitrogens is 2. The third-order valence-electron chi connectivity index (χ3n) is 1.89. The summed E-state index contributed by atoms with van der Waals surface area (Å²) < 4.78 is 7.55. The zero-order valence-electron chi connectivity index (χ0n) is 8.64. The molecule has 0 aliphatic rings. The maximum absolute atomic E-state index is 5.68. The molecule has 0 radical (unpaired) electrons. The SMILES string of the molecule is Cc1nc([AsH2])cc(Oc2ccccc2Br)n1. The number of halogens is 1. The van der Waals surface area contributed by atoms with Gasteiger partial charge in [0.15, 0.2) is 0 Å². The molecule has 3 nitrogen and oxygen atoms in total. The van der Waals surface area contributed by atoms with Gasteiger partial charge in [0.2, 0.25) is 0 Å². The normalized spacial score (nSPS) is 10.2. The van der Waals surface area contributed by atoms with Crippen LogP contribution in [0, 0.1) is 6.92 Å². The molecule has 0 aliphatic heterocycles. The first kappa shape index (κ1) is 11.6. The molecule has 82 valence electrons. The van der Waals surface area contributed by atoms with E-state index in [9.17, 15) is 0 Å². The van der Waals surface area contributed by atoms with E-state index in [4.69, 9.17) is 4.74 Å². The average molecular weight is 341 g/mol. The summed E-state index contributed by atoms with van der Waals surface area (Å²) in [5.74, 6) is 2.07. The van der Waals surface area contributed by atoms with E-state index in [1.165, 1.54) is 16.9 Å². The topological polar surface area (TPSA) is 35.0 Å². The van der Waals surface area contributed by atoms with Crippen molar-refractivity contribution in [2.24, 2.45) is 0 Å². The van der Waals surface area contributed by atoms with Gasteiger partial charge in [0.05, 0.1) is 0 Å². The Kier molecular flexibility index (Phi) is 3.62. The summed E-state index contributed by atoms with van der Waals surface area (Å²) >= 11 is 4.88. The zero-order chi connectivity index (χ0) is 11.5. The number of aryl methyl sites for hydroxylation is 1. The Morgan fingerprint density at radius 3 is 2.69 bits per heavy atom. The molecule has 1 unspecified atom stereocenters. The molecule has 0 saturated carbocycles. The summed E-state index contributed by atoms with van der Waals surface area (Å²) in [6, 6.07) is 9.52. The van der Waals surface area contributed by atoms with Gasteiger partial charge >= 0.3 is 111 Å². The van der Waals surface area contributed by atoms with Crippen LogP contribution < -0.4 is 9.22 Å². The van der Waals surface area contributed by atoms with E-state index in [0.717, 1.165) is 20.5 Å².